The SMILES string of the molecule is CCC(Nc1cncc(Br)c1)c1ccc(F)cc1. The van der Waals surface area contributed by atoms with Crippen molar-refractivity contribution >= 4 is 21.6 Å². The van der Waals surface area contributed by atoms with E-state index < -0.39 is 0 Å². The maximum absolute atomic E-state index is 12.9. The van der Waals surface area contributed by atoms with Crippen molar-refractivity contribution in [2.75, 3.05) is 5.32 Å². The number of rotatable bonds is 4. The molecule has 2 rings (SSSR count). The highest BCUT2D eigenvalue weighted by Crippen LogP contribution is 2.23. The smallest absolute Gasteiger partial charge is 0.123 e. The molecule has 0 fully saturated rings. The van der Waals surface area contributed by atoms with Gasteiger partial charge in [-0.1, -0.05) is 19.1 Å². The van der Waals surface area contributed by atoms with Crippen LogP contribution in [0.15, 0.2) is 47.2 Å². The molecule has 0 amide bonds. The van der Waals surface area contributed by atoms with Crippen molar-refractivity contribution in [3.63, 3.8) is 0 Å². The standard InChI is InChI=1S/C14H14BrFN2/c1-2-14(10-3-5-12(16)6-4-10)18-13-7-11(15)8-17-9-13/h3-9,14,18H,2H2,1H3. The summed E-state index contributed by atoms with van der Waals surface area (Å²) < 4.78 is 13.8. The zero-order valence-electron chi connectivity index (χ0n) is 10.0. The maximum Gasteiger partial charge on any atom is 0.123 e. The van der Waals surface area contributed by atoms with Crippen LogP contribution in [0, 0.1) is 5.82 Å². The van der Waals surface area contributed by atoms with E-state index in [1.165, 1.54) is 12.1 Å². The number of hydrogen-bond acceptors (Lipinski definition) is 2. The van der Waals surface area contributed by atoms with E-state index in [4.69, 9.17) is 0 Å². The van der Waals surface area contributed by atoms with Gasteiger partial charge in [-0.15, -0.1) is 0 Å². The van der Waals surface area contributed by atoms with Gasteiger partial charge in [-0.25, -0.2) is 4.39 Å². The summed E-state index contributed by atoms with van der Waals surface area (Å²) in [6.07, 6.45) is 4.43. The van der Waals surface area contributed by atoms with Gasteiger partial charge in [-0.05, 0) is 46.1 Å². The fourth-order valence-corrected chi connectivity index (χ4v) is 2.17. The van der Waals surface area contributed by atoms with Crippen LogP contribution in [0.2, 0.25) is 0 Å². The van der Waals surface area contributed by atoms with Gasteiger partial charge in [-0.3, -0.25) is 4.98 Å². The third kappa shape index (κ3) is 3.29. The molecule has 0 aliphatic rings. The highest BCUT2D eigenvalue weighted by atomic mass is 79.9. The molecule has 4 heteroatoms. The lowest BCUT2D eigenvalue weighted by molar-refractivity contribution is 0.625. The average Bonchev–Trinajstić information content (AvgIpc) is 2.37. The van der Waals surface area contributed by atoms with Crippen molar-refractivity contribution in [3.8, 4) is 0 Å². The average molecular weight is 309 g/mol. The van der Waals surface area contributed by atoms with Gasteiger partial charge in [0.05, 0.1) is 17.9 Å². The Bertz CT molecular complexity index is 513. The summed E-state index contributed by atoms with van der Waals surface area (Å²) in [5, 5.41) is 3.39. The Morgan fingerprint density at radius 1 is 1.28 bits per heavy atom. The monoisotopic (exact) mass is 308 g/mol. The fraction of sp³-hybridized carbons (Fsp3) is 0.214. The predicted molar refractivity (Wildman–Crippen MR) is 75.0 cm³/mol. The van der Waals surface area contributed by atoms with Gasteiger partial charge in [0.2, 0.25) is 0 Å². The van der Waals surface area contributed by atoms with E-state index in [0.717, 1.165) is 22.1 Å². The van der Waals surface area contributed by atoms with Crippen molar-refractivity contribution in [2.45, 2.75) is 19.4 Å². The quantitative estimate of drug-likeness (QED) is 0.896. The molecular formula is C14H14BrFN2. The molecule has 18 heavy (non-hydrogen) atoms. The molecule has 2 aromatic rings. The molecule has 0 aliphatic carbocycles. The number of nitrogens with one attached hydrogen (secondary N) is 1. The molecule has 0 bridgehead atoms. The number of halogens is 2. The van der Waals surface area contributed by atoms with E-state index in [1.54, 1.807) is 12.4 Å². The van der Waals surface area contributed by atoms with E-state index in [1.807, 2.05) is 18.2 Å². The second-order valence-corrected chi connectivity index (χ2v) is 4.96. The Hall–Kier alpha value is -1.42. The van der Waals surface area contributed by atoms with Gasteiger partial charge in [0.1, 0.15) is 5.82 Å². The second-order valence-electron chi connectivity index (χ2n) is 4.05. The highest BCUT2D eigenvalue weighted by Gasteiger charge is 2.09. The number of anilines is 1. The van der Waals surface area contributed by atoms with Crippen LogP contribution in [0.1, 0.15) is 24.9 Å². The minimum Gasteiger partial charge on any atom is -0.377 e. The molecule has 0 radical (unpaired) electrons. The summed E-state index contributed by atoms with van der Waals surface area (Å²) in [7, 11) is 0. The first-order valence-electron chi connectivity index (χ1n) is 5.81. The third-order valence-corrected chi connectivity index (χ3v) is 3.16. The lowest BCUT2D eigenvalue weighted by Gasteiger charge is -2.18. The zero-order valence-corrected chi connectivity index (χ0v) is 11.6. The van der Waals surface area contributed by atoms with E-state index in [0.29, 0.717) is 0 Å². The topological polar surface area (TPSA) is 24.9 Å². The van der Waals surface area contributed by atoms with Crippen molar-refractivity contribution in [2.24, 2.45) is 0 Å². The summed E-state index contributed by atoms with van der Waals surface area (Å²) in [5.74, 6) is -0.210. The minimum atomic E-state index is -0.210. The Morgan fingerprint density at radius 2 is 2.00 bits per heavy atom. The summed E-state index contributed by atoms with van der Waals surface area (Å²) in [6, 6.07) is 8.71. The van der Waals surface area contributed by atoms with Crippen molar-refractivity contribution in [3.05, 3.63) is 58.6 Å². The first-order chi connectivity index (χ1) is 8.69. The van der Waals surface area contributed by atoms with Crippen LogP contribution < -0.4 is 5.32 Å². The number of pyridine rings is 1. The Kier molecular flexibility index (Phi) is 4.31. The second kappa shape index (κ2) is 5.96. The van der Waals surface area contributed by atoms with Crippen LogP contribution in [-0.4, -0.2) is 4.98 Å². The molecule has 1 aromatic heterocycles. The summed E-state index contributed by atoms with van der Waals surface area (Å²) in [4.78, 5) is 4.11. The Balaban J connectivity index is 2.17. The van der Waals surface area contributed by atoms with E-state index in [-0.39, 0.29) is 11.9 Å². The Labute approximate surface area is 114 Å². The largest absolute Gasteiger partial charge is 0.377 e. The Morgan fingerprint density at radius 3 is 2.61 bits per heavy atom. The number of hydrogen-bond donors (Lipinski definition) is 1. The molecule has 94 valence electrons. The van der Waals surface area contributed by atoms with Gasteiger partial charge in [0.25, 0.3) is 0 Å². The number of nitrogens with zero attached hydrogens (tertiary/aromatic N) is 1. The number of benzene rings is 1. The van der Waals surface area contributed by atoms with Gasteiger partial charge < -0.3 is 5.32 Å². The lowest BCUT2D eigenvalue weighted by Crippen LogP contribution is -2.09. The normalized spacial score (nSPS) is 12.2. The zero-order chi connectivity index (χ0) is 13.0. The molecule has 1 N–H and O–H groups in total. The van der Waals surface area contributed by atoms with Crippen LogP contribution in [0.3, 0.4) is 0 Å². The summed E-state index contributed by atoms with van der Waals surface area (Å²) >= 11 is 3.39. The van der Waals surface area contributed by atoms with Gasteiger partial charge in [0, 0.05) is 10.7 Å². The van der Waals surface area contributed by atoms with E-state index in [9.17, 15) is 4.39 Å². The first-order valence-corrected chi connectivity index (χ1v) is 6.61. The van der Waals surface area contributed by atoms with Crippen LogP contribution in [0.5, 0.6) is 0 Å². The molecule has 0 saturated heterocycles. The lowest BCUT2D eigenvalue weighted by atomic mass is 10.0. The molecule has 0 aliphatic heterocycles. The number of aromatic nitrogens is 1. The molecule has 0 spiro atoms. The van der Waals surface area contributed by atoms with Crippen molar-refractivity contribution in [1.29, 1.82) is 0 Å². The molecule has 1 unspecified atom stereocenters. The molecule has 1 atom stereocenters. The van der Waals surface area contributed by atoms with Crippen LogP contribution in [-0.2, 0) is 0 Å². The van der Waals surface area contributed by atoms with Gasteiger partial charge in [-0.2, -0.15) is 0 Å². The fourth-order valence-electron chi connectivity index (χ4n) is 1.81. The summed E-state index contributed by atoms with van der Waals surface area (Å²) in [6.45, 7) is 2.09. The maximum atomic E-state index is 12.9. The predicted octanol–water partition coefficient (Wildman–Crippen LogP) is 4.55. The highest BCUT2D eigenvalue weighted by molar-refractivity contribution is 9.10. The van der Waals surface area contributed by atoms with Crippen LogP contribution in [0.4, 0.5) is 10.1 Å². The van der Waals surface area contributed by atoms with Gasteiger partial charge >= 0.3 is 0 Å². The minimum absolute atomic E-state index is 0.154. The molecule has 2 nitrogen and oxygen atoms in total. The van der Waals surface area contributed by atoms with Gasteiger partial charge in [0.15, 0.2) is 0 Å². The summed E-state index contributed by atoms with van der Waals surface area (Å²) in [5.41, 5.74) is 2.01. The van der Waals surface area contributed by atoms with Crippen molar-refractivity contribution in [1.82, 2.24) is 4.98 Å². The molecule has 1 aromatic carbocycles. The van der Waals surface area contributed by atoms with Crippen molar-refractivity contribution < 1.29 is 4.39 Å². The van der Waals surface area contributed by atoms with E-state index >= 15 is 0 Å². The van der Waals surface area contributed by atoms with Crippen LogP contribution >= 0.6 is 15.9 Å². The molecule has 1 heterocycles. The molecule has 0 saturated carbocycles. The molecular weight excluding hydrogens is 295 g/mol. The third-order valence-electron chi connectivity index (χ3n) is 2.73. The first kappa shape index (κ1) is 13.0. The van der Waals surface area contributed by atoms with Crippen LogP contribution in [0.25, 0.3) is 0 Å². The van der Waals surface area contributed by atoms with E-state index in [2.05, 4.69) is 33.2 Å².